The lowest BCUT2D eigenvalue weighted by Crippen LogP contribution is -2.56. The Morgan fingerprint density at radius 3 is 2.29 bits per heavy atom. The van der Waals surface area contributed by atoms with Gasteiger partial charge in [-0.05, 0) is 13.8 Å². The fraction of sp³-hybridized carbons (Fsp3) is 0.857. The third-order valence-corrected chi connectivity index (χ3v) is 4.66. The molecule has 0 aromatic heterocycles. The van der Waals surface area contributed by atoms with Crippen molar-refractivity contribution in [1.29, 1.82) is 0 Å². The molecule has 0 spiro atoms. The fourth-order valence-electron chi connectivity index (χ4n) is 2.53. The first-order chi connectivity index (χ1) is 10.0. The quantitative estimate of drug-likeness (QED) is 0.742. The Hall–Kier alpha value is -0.790. The minimum Gasteiger partial charge on any atom is -0.378 e. The summed E-state index contributed by atoms with van der Waals surface area (Å²) in [4.78, 5) is 27.9. The highest BCUT2D eigenvalue weighted by molar-refractivity contribution is 8.00. The summed E-state index contributed by atoms with van der Waals surface area (Å²) in [5, 5.41) is 0. The fourth-order valence-corrected chi connectivity index (χ4v) is 3.32. The molecule has 7 heteroatoms. The van der Waals surface area contributed by atoms with E-state index in [1.165, 1.54) is 11.8 Å². The van der Waals surface area contributed by atoms with Crippen molar-refractivity contribution < 1.29 is 19.1 Å². The van der Waals surface area contributed by atoms with Crippen LogP contribution >= 0.6 is 11.8 Å². The van der Waals surface area contributed by atoms with Crippen LogP contribution in [0.2, 0.25) is 0 Å². The number of hydrogen-bond donors (Lipinski definition) is 0. The Morgan fingerprint density at radius 2 is 1.62 bits per heavy atom. The number of rotatable bonds is 4. The van der Waals surface area contributed by atoms with Gasteiger partial charge in [0.15, 0.2) is 0 Å². The average molecular weight is 316 g/mol. The van der Waals surface area contributed by atoms with Crippen LogP contribution < -0.4 is 0 Å². The van der Waals surface area contributed by atoms with Crippen molar-refractivity contribution in [3.05, 3.63) is 0 Å². The predicted octanol–water partition coefficient (Wildman–Crippen LogP) is 0.216. The zero-order valence-corrected chi connectivity index (χ0v) is 13.6. The molecular weight excluding hydrogens is 292 g/mol. The number of hydrogen-bond acceptors (Lipinski definition) is 5. The van der Waals surface area contributed by atoms with Crippen molar-refractivity contribution in [3.8, 4) is 0 Å². The van der Waals surface area contributed by atoms with Crippen molar-refractivity contribution >= 4 is 23.6 Å². The Bertz CT molecular complexity index is 383. The molecular formula is C14H24N2O4S. The van der Waals surface area contributed by atoms with E-state index < -0.39 is 0 Å². The van der Waals surface area contributed by atoms with Crippen LogP contribution in [0.1, 0.15) is 13.8 Å². The van der Waals surface area contributed by atoms with Gasteiger partial charge in [-0.15, -0.1) is 11.8 Å². The first-order valence-corrected chi connectivity index (χ1v) is 8.48. The van der Waals surface area contributed by atoms with Gasteiger partial charge in [0, 0.05) is 19.6 Å². The first-order valence-electron chi connectivity index (χ1n) is 7.32. The van der Waals surface area contributed by atoms with Gasteiger partial charge in [0.25, 0.3) is 0 Å². The van der Waals surface area contributed by atoms with Gasteiger partial charge in [0.1, 0.15) is 0 Å². The van der Waals surface area contributed by atoms with Crippen LogP contribution in [0.4, 0.5) is 0 Å². The van der Waals surface area contributed by atoms with Gasteiger partial charge in [-0.1, -0.05) is 0 Å². The second-order valence-electron chi connectivity index (χ2n) is 5.90. The molecule has 0 aromatic carbocycles. The van der Waals surface area contributed by atoms with Crippen LogP contribution in [0.15, 0.2) is 0 Å². The standard InChI is InChI=1S/C14H24N2O4S/c1-14(2)11-20-8-5-16(14)13(18)10-21-9-12(17)15-3-6-19-7-4-15/h3-11H2,1-2H3. The lowest BCUT2D eigenvalue weighted by molar-refractivity contribution is -0.143. The third kappa shape index (κ3) is 4.59. The SMILES string of the molecule is CC1(C)COCCN1C(=O)CSCC(=O)N1CCOCC1. The molecule has 120 valence electrons. The Labute approximate surface area is 130 Å². The minimum absolute atomic E-state index is 0.0862. The van der Waals surface area contributed by atoms with E-state index in [0.717, 1.165) is 0 Å². The average Bonchev–Trinajstić information content (AvgIpc) is 2.47. The lowest BCUT2D eigenvalue weighted by Gasteiger charge is -2.42. The number of nitrogens with zero attached hydrogens (tertiary/aromatic N) is 2. The summed E-state index contributed by atoms with van der Waals surface area (Å²) >= 11 is 1.39. The summed E-state index contributed by atoms with van der Waals surface area (Å²) in [5.74, 6) is 0.885. The second-order valence-corrected chi connectivity index (χ2v) is 6.88. The molecule has 2 saturated heterocycles. The molecule has 2 aliphatic heterocycles. The van der Waals surface area contributed by atoms with E-state index in [-0.39, 0.29) is 17.4 Å². The molecule has 0 unspecified atom stereocenters. The largest absolute Gasteiger partial charge is 0.378 e. The van der Waals surface area contributed by atoms with Crippen molar-refractivity contribution in [3.63, 3.8) is 0 Å². The zero-order chi connectivity index (χ0) is 15.3. The van der Waals surface area contributed by atoms with Gasteiger partial charge in [-0.3, -0.25) is 9.59 Å². The van der Waals surface area contributed by atoms with E-state index in [9.17, 15) is 9.59 Å². The van der Waals surface area contributed by atoms with E-state index in [1.54, 1.807) is 4.90 Å². The van der Waals surface area contributed by atoms with Gasteiger partial charge >= 0.3 is 0 Å². The maximum Gasteiger partial charge on any atom is 0.233 e. The molecule has 2 fully saturated rings. The maximum atomic E-state index is 12.3. The molecule has 2 amide bonds. The van der Waals surface area contributed by atoms with E-state index in [1.807, 2.05) is 18.7 Å². The summed E-state index contributed by atoms with van der Waals surface area (Å²) in [6, 6.07) is 0. The van der Waals surface area contributed by atoms with Gasteiger partial charge < -0.3 is 19.3 Å². The summed E-state index contributed by atoms with van der Waals surface area (Å²) in [5.41, 5.74) is -0.260. The Morgan fingerprint density at radius 1 is 1.00 bits per heavy atom. The minimum atomic E-state index is -0.260. The number of morpholine rings is 2. The number of amides is 2. The normalized spacial score (nSPS) is 22.2. The lowest BCUT2D eigenvalue weighted by atomic mass is 10.0. The van der Waals surface area contributed by atoms with Crippen LogP contribution in [0, 0.1) is 0 Å². The monoisotopic (exact) mass is 316 g/mol. The van der Waals surface area contributed by atoms with Crippen LogP contribution in [-0.2, 0) is 19.1 Å². The molecule has 0 saturated carbocycles. The van der Waals surface area contributed by atoms with Crippen LogP contribution in [-0.4, -0.2) is 84.7 Å². The van der Waals surface area contributed by atoms with Crippen molar-refractivity contribution in [2.75, 3.05) is 57.6 Å². The molecule has 0 aromatic rings. The van der Waals surface area contributed by atoms with Crippen LogP contribution in [0.3, 0.4) is 0 Å². The Kier molecular flexibility index (Phi) is 5.89. The first kappa shape index (κ1) is 16.6. The van der Waals surface area contributed by atoms with Crippen LogP contribution in [0.5, 0.6) is 0 Å². The molecule has 2 aliphatic rings. The summed E-state index contributed by atoms with van der Waals surface area (Å²) in [6.07, 6.45) is 0. The summed E-state index contributed by atoms with van der Waals surface area (Å²) in [7, 11) is 0. The highest BCUT2D eigenvalue weighted by atomic mass is 32.2. The molecule has 0 aliphatic carbocycles. The van der Waals surface area contributed by atoms with E-state index in [2.05, 4.69) is 0 Å². The number of ether oxygens (including phenoxy) is 2. The van der Waals surface area contributed by atoms with Crippen molar-refractivity contribution in [2.45, 2.75) is 19.4 Å². The summed E-state index contributed by atoms with van der Waals surface area (Å²) < 4.78 is 10.6. The topological polar surface area (TPSA) is 59.1 Å². The van der Waals surface area contributed by atoms with Crippen molar-refractivity contribution in [2.24, 2.45) is 0 Å². The zero-order valence-electron chi connectivity index (χ0n) is 12.8. The molecule has 0 N–H and O–H groups in total. The second kappa shape index (κ2) is 7.47. The molecule has 0 radical (unpaired) electrons. The molecule has 0 atom stereocenters. The number of carbonyl (C=O) groups excluding carboxylic acids is 2. The molecule has 0 bridgehead atoms. The molecule has 6 nitrogen and oxygen atoms in total. The predicted molar refractivity (Wildman–Crippen MR) is 81.3 cm³/mol. The van der Waals surface area contributed by atoms with E-state index >= 15 is 0 Å². The maximum absolute atomic E-state index is 12.3. The Balaban J connectivity index is 1.72. The van der Waals surface area contributed by atoms with Gasteiger partial charge in [-0.2, -0.15) is 0 Å². The van der Waals surface area contributed by atoms with Gasteiger partial charge in [-0.25, -0.2) is 0 Å². The van der Waals surface area contributed by atoms with Gasteiger partial charge in [0.05, 0.1) is 43.5 Å². The van der Waals surface area contributed by atoms with E-state index in [0.29, 0.717) is 57.6 Å². The highest BCUT2D eigenvalue weighted by Crippen LogP contribution is 2.20. The highest BCUT2D eigenvalue weighted by Gasteiger charge is 2.33. The van der Waals surface area contributed by atoms with E-state index in [4.69, 9.17) is 9.47 Å². The molecule has 21 heavy (non-hydrogen) atoms. The molecule has 2 heterocycles. The van der Waals surface area contributed by atoms with Crippen molar-refractivity contribution in [1.82, 2.24) is 9.80 Å². The third-order valence-electron chi connectivity index (χ3n) is 3.76. The molecule has 2 rings (SSSR count). The summed E-state index contributed by atoms with van der Waals surface area (Å²) in [6.45, 7) is 8.33. The number of carbonyl (C=O) groups is 2. The number of thioether (sulfide) groups is 1. The van der Waals surface area contributed by atoms with Gasteiger partial charge in [0.2, 0.25) is 11.8 Å². The smallest absolute Gasteiger partial charge is 0.233 e. The van der Waals surface area contributed by atoms with Crippen LogP contribution in [0.25, 0.3) is 0 Å².